The fourth-order valence-corrected chi connectivity index (χ4v) is 4.48. The van der Waals surface area contributed by atoms with E-state index in [2.05, 4.69) is 22.4 Å². The molecule has 2 aromatic carbocycles. The monoisotopic (exact) mass is 395 g/mol. The van der Waals surface area contributed by atoms with E-state index in [0.29, 0.717) is 5.13 Å². The average Bonchev–Trinajstić information content (AvgIpc) is 3.10. The SMILES string of the molecule is O=C(Nc1nc2c(s1)C[NH+](Cc1ccccc1)CC2)c1ccccc1[N+](=O)[O-]. The van der Waals surface area contributed by atoms with Gasteiger partial charge in [-0.1, -0.05) is 53.8 Å². The molecule has 3 aromatic rings. The number of hydrogen-bond acceptors (Lipinski definition) is 5. The minimum atomic E-state index is -0.549. The van der Waals surface area contributed by atoms with Crippen molar-refractivity contribution in [1.29, 1.82) is 0 Å². The second-order valence-corrected chi connectivity index (χ2v) is 7.79. The number of anilines is 1. The zero-order chi connectivity index (χ0) is 19.5. The number of thiazole rings is 1. The van der Waals surface area contributed by atoms with Crippen molar-refractivity contribution < 1.29 is 14.6 Å². The number of nitrogens with zero attached hydrogens (tertiary/aromatic N) is 2. The maximum atomic E-state index is 12.5. The molecule has 1 unspecified atom stereocenters. The van der Waals surface area contributed by atoms with Crippen LogP contribution in [0, 0.1) is 10.1 Å². The second-order valence-electron chi connectivity index (χ2n) is 6.71. The third-order valence-electron chi connectivity index (χ3n) is 4.77. The topological polar surface area (TPSA) is 89.6 Å². The van der Waals surface area contributed by atoms with Crippen molar-refractivity contribution in [3.05, 3.63) is 86.4 Å². The molecule has 2 N–H and O–H groups in total. The van der Waals surface area contributed by atoms with Crippen LogP contribution in [0.2, 0.25) is 0 Å². The number of carbonyl (C=O) groups excluding carboxylic acids is 1. The van der Waals surface area contributed by atoms with Gasteiger partial charge >= 0.3 is 0 Å². The van der Waals surface area contributed by atoms with Crippen molar-refractivity contribution in [3.63, 3.8) is 0 Å². The summed E-state index contributed by atoms with van der Waals surface area (Å²) in [6.07, 6.45) is 0.857. The standard InChI is InChI=1S/C20H18N4O3S/c25-19(15-8-4-5-9-17(15)24(26)27)22-20-21-16-10-11-23(13-18(16)28-20)12-14-6-2-1-3-7-14/h1-9H,10-13H2,(H,21,22,25)/p+1. The molecule has 0 fully saturated rings. The minimum absolute atomic E-state index is 0.0389. The third-order valence-corrected chi connectivity index (χ3v) is 5.78. The van der Waals surface area contributed by atoms with E-state index in [1.165, 1.54) is 33.9 Å². The molecule has 1 aromatic heterocycles. The molecule has 1 amide bonds. The molecule has 0 aliphatic carbocycles. The number of aromatic nitrogens is 1. The molecule has 7 nitrogen and oxygen atoms in total. The van der Waals surface area contributed by atoms with Gasteiger partial charge in [0.25, 0.3) is 11.6 Å². The molecule has 0 radical (unpaired) electrons. The molecular weight excluding hydrogens is 376 g/mol. The number of carbonyl (C=O) groups is 1. The molecule has 0 saturated carbocycles. The maximum Gasteiger partial charge on any atom is 0.282 e. The molecule has 28 heavy (non-hydrogen) atoms. The molecule has 4 rings (SSSR count). The van der Waals surface area contributed by atoms with Crippen molar-refractivity contribution >= 4 is 28.1 Å². The lowest BCUT2D eigenvalue weighted by atomic mass is 10.1. The van der Waals surface area contributed by atoms with Crippen LogP contribution in [-0.2, 0) is 19.5 Å². The van der Waals surface area contributed by atoms with E-state index in [0.717, 1.165) is 36.6 Å². The van der Waals surface area contributed by atoms with Crippen LogP contribution in [0.15, 0.2) is 54.6 Å². The first-order chi connectivity index (χ1) is 13.6. The number of benzene rings is 2. The number of amides is 1. The van der Waals surface area contributed by atoms with E-state index in [9.17, 15) is 14.9 Å². The molecule has 1 atom stereocenters. The second kappa shape index (κ2) is 7.87. The summed E-state index contributed by atoms with van der Waals surface area (Å²) in [5.74, 6) is -0.508. The molecule has 1 aliphatic heterocycles. The van der Waals surface area contributed by atoms with Crippen molar-refractivity contribution in [2.75, 3.05) is 11.9 Å². The number of para-hydroxylation sites is 1. The summed E-state index contributed by atoms with van der Waals surface area (Å²) in [5, 5.41) is 14.4. The Labute approximate surface area is 165 Å². The van der Waals surface area contributed by atoms with E-state index in [1.807, 2.05) is 18.2 Å². The van der Waals surface area contributed by atoms with Gasteiger partial charge in [-0.3, -0.25) is 20.2 Å². The van der Waals surface area contributed by atoms with E-state index in [1.54, 1.807) is 12.1 Å². The van der Waals surface area contributed by atoms with Gasteiger partial charge in [-0.2, -0.15) is 0 Å². The summed E-state index contributed by atoms with van der Waals surface area (Å²) >= 11 is 1.45. The fourth-order valence-electron chi connectivity index (χ4n) is 3.41. The normalized spacial score (nSPS) is 15.6. The van der Waals surface area contributed by atoms with Crippen LogP contribution < -0.4 is 10.2 Å². The predicted molar refractivity (Wildman–Crippen MR) is 107 cm³/mol. The zero-order valence-corrected chi connectivity index (χ0v) is 15.9. The number of rotatable bonds is 5. The Morgan fingerprint density at radius 2 is 1.93 bits per heavy atom. The molecule has 0 saturated heterocycles. The van der Waals surface area contributed by atoms with Gasteiger partial charge in [0, 0.05) is 18.1 Å². The predicted octanol–water partition coefficient (Wildman–Crippen LogP) is 2.44. The summed E-state index contributed by atoms with van der Waals surface area (Å²) in [6, 6.07) is 16.3. The molecule has 2 heterocycles. The Hall–Kier alpha value is -3.10. The molecule has 1 aliphatic rings. The Morgan fingerprint density at radius 3 is 2.71 bits per heavy atom. The van der Waals surface area contributed by atoms with Crippen LogP contribution in [0.4, 0.5) is 10.8 Å². The van der Waals surface area contributed by atoms with E-state index in [-0.39, 0.29) is 11.3 Å². The fraction of sp³-hybridized carbons (Fsp3) is 0.200. The molecular formula is C20H19N4O3S+. The summed E-state index contributed by atoms with van der Waals surface area (Å²) in [7, 11) is 0. The highest BCUT2D eigenvalue weighted by atomic mass is 32.1. The Kier molecular flexibility index (Phi) is 5.14. The maximum absolute atomic E-state index is 12.5. The van der Waals surface area contributed by atoms with Crippen molar-refractivity contribution in [1.82, 2.24) is 4.98 Å². The van der Waals surface area contributed by atoms with Crippen molar-refractivity contribution in [2.24, 2.45) is 0 Å². The lowest BCUT2D eigenvalue weighted by Crippen LogP contribution is -3.10. The van der Waals surface area contributed by atoms with Crippen molar-refractivity contribution in [3.8, 4) is 0 Å². The minimum Gasteiger partial charge on any atom is -0.326 e. The van der Waals surface area contributed by atoms with Gasteiger partial charge in [0.2, 0.25) is 0 Å². The van der Waals surface area contributed by atoms with Crippen molar-refractivity contribution in [2.45, 2.75) is 19.5 Å². The molecule has 0 bridgehead atoms. The van der Waals surface area contributed by atoms with Crippen LogP contribution in [-0.4, -0.2) is 22.4 Å². The molecule has 142 valence electrons. The Bertz CT molecular complexity index is 1020. The van der Waals surface area contributed by atoms with Gasteiger partial charge in [-0.15, -0.1) is 0 Å². The lowest BCUT2D eigenvalue weighted by Gasteiger charge is -2.22. The quantitative estimate of drug-likeness (QED) is 0.513. The molecule has 8 heteroatoms. The van der Waals surface area contributed by atoms with Gasteiger partial charge in [-0.05, 0) is 6.07 Å². The highest BCUT2D eigenvalue weighted by molar-refractivity contribution is 7.15. The van der Waals surface area contributed by atoms with E-state index in [4.69, 9.17) is 0 Å². The van der Waals surface area contributed by atoms with Gasteiger partial charge in [-0.25, -0.2) is 4.98 Å². The first-order valence-corrected chi connectivity index (χ1v) is 9.82. The largest absolute Gasteiger partial charge is 0.326 e. The number of nitro groups is 1. The smallest absolute Gasteiger partial charge is 0.282 e. The highest BCUT2D eigenvalue weighted by Gasteiger charge is 2.25. The zero-order valence-electron chi connectivity index (χ0n) is 15.1. The number of nitro benzene ring substituents is 1. The summed E-state index contributed by atoms with van der Waals surface area (Å²) in [5.41, 5.74) is 2.15. The average molecular weight is 395 g/mol. The first kappa shape index (κ1) is 18.3. The van der Waals surface area contributed by atoms with Gasteiger partial charge in [0.15, 0.2) is 5.13 Å². The van der Waals surface area contributed by atoms with Crippen LogP contribution in [0.25, 0.3) is 0 Å². The summed E-state index contributed by atoms with van der Waals surface area (Å²) in [4.78, 5) is 30.2. The molecule has 0 spiro atoms. The first-order valence-electron chi connectivity index (χ1n) is 9.01. The van der Waals surface area contributed by atoms with Crippen LogP contribution in [0.5, 0.6) is 0 Å². The number of quaternary nitrogens is 1. The number of hydrogen-bond donors (Lipinski definition) is 2. The van der Waals surface area contributed by atoms with Gasteiger partial charge in [0.1, 0.15) is 18.7 Å². The van der Waals surface area contributed by atoms with Crippen LogP contribution in [0.3, 0.4) is 0 Å². The van der Waals surface area contributed by atoms with E-state index >= 15 is 0 Å². The van der Waals surface area contributed by atoms with Crippen LogP contribution in [0.1, 0.15) is 26.5 Å². The summed E-state index contributed by atoms with van der Waals surface area (Å²) < 4.78 is 0. The Morgan fingerprint density at radius 1 is 1.18 bits per heavy atom. The lowest BCUT2D eigenvalue weighted by molar-refractivity contribution is -0.929. The van der Waals surface area contributed by atoms with Gasteiger partial charge < -0.3 is 4.90 Å². The number of fused-ring (bicyclic) bond motifs is 1. The van der Waals surface area contributed by atoms with E-state index < -0.39 is 10.8 Å². The number of nitrogens with one attached hydrogen (secondary N) is 2. The summed E-state index contributed by atoms with van der Waals surface area (Å²) in [6.45, 7) is 2.81. The third kappa shape index (κ3) is 3.92. The Balaban J connectivity index is 1.46. The van der Waals surface area contributed by atoms with Crippen LogP contribution >= 0.6 is 11.3 Å². The van der Waals surface area contributed by atoms with Gasteiger partial charge in [0.05, 0.1) is 22.0 Å². The highest BCUT2D eigenvalue weighted by Crippen LogP contribution is 2.26.